The number of aryl methyl sites for hydroxylation is 1. The van der Waals surface area contributed by atoms with Crippen molar-refractivity contribution in [1.82, 2.24) is 9.78 Å². The van der Waals surface area contributed by atoms with Gasteiger partial charge in [-0.25, -0.2) is 0 Å². The molecule has 2 aromatic carbocycles. The first kappa shape index (κ1) is 18.5. The summed E-state index contributed by atoms with van der Waals surface area (Å²) >= 11 is 0. The van der Waals surface area contributed by atoms with E-state index in [1.165, 1.54) is 12.1 Å². The number of aromatic nitrogens is 2. The highest BCUT2D eigenvalue weighted by atomic mass is 19.4. The molecule has 3 rings (SSSR count). The highest BCUT2D eigenvalue weighted by molar-refractivity contribution is 5.76. The summed E-state index contributed by atoms with van der Waals surface area (Å²) in [7, 11) is 1.78. The van der Waals surface area contributed by atoms with Crippen molar-refractivity contribution < 1.29 is 22.7 Å². The minimum Gasteiger partial charge on any atom is -0.406 e. The summed E-state index contributed by atoms with van der Waals surface area (Å²) < 4.78 is 42.1. The van der Waals surface area contributed by atoms with Crippen molar-refractivity contribution in [2.45, 2.75) is 12.9 Å². The first-order valence-electron chi connectivity index (χ1n) is 8.02. The maximum absolute atomic E-state index is 12.2. The lowest BCUT2D eigenvalue weighted by Crippen LogP contribution is -2.17. The molecule has 0 aliphatic heterocycles. The Balaban J connectivity index is 1.66. The zero-order chi connectivity index (χ0) is 19.4. The largest absolute Gasteiger partial charge is 0.573 e. The summed E-state index contributed by atoms with van der Waals surface area (Å²) in [5, 5.41) is 7.61. The first-order chi connectivity index (χ1) is 12.8. The van der Waals surface area contributed by atoms with E-state index in [9.17, 15) is 18.0 Å². The van der Waals surface area contributed by atoms with Crippen molar-refractivity contribution in [2.75, 3.05) is 5.32 Å². The molecule has 5 nitrogen and oxygen atoms in total. The highest BCUT2D eigenvalue weighted by Crippen LogP contribution is 2.24. The maximum atomic E-state index is 12.2. The molecule has 8 heteroatoms. The molecule has 0 radical (unpaired) electrons. The lowest BCUT2D eigenvalue weighted by atomic mass is 10.1. The summed E-state index contributed by atoms with van der Waals surface area (Å²) in [6, 6.07) is 14.6. The SMILES string of the molecule is Cn1nc(-c2ccc(C=O)cc2)cc1NCc1ccc(OC(F)(F)F)cc1. The van der Waals surface area contributed by atoms with E-state index in [-0.39, 0.29) is 5.75 Å². The second-order valence-corrected chi connectivity index (χ2v) is 5.82. The average molecular weight is 375 g/mol. The van der Waals surface area contributed by atoms with Crippen LogP contribution in [0.25, 0.3) is 11.3 Å². The van der Waals surface area contributed by atoms with Gasteiger partial charge in [0.05, 0.1) is 5.69 Å². The van der Waals surface area contributed by atoms with Gasteiger partial charge in [0, 0.05) is 30.8 Å². The molecule has 27 heavy (non-hydrogen) atoms. The van der Waals surface area contributed by atoms with Gasteiger partial charge in [0.1, 0.15) is 17.9 Å². The molecular formula is C19H16F3N3O2. The molecule has 0 aliphatic rings. The normalized spacial score (nSPS) is 11.3. The Morgan fingerprint density at radius 2 is 1.78 bits per heavy atom. The third-order valence-electron chi connectivity index (χ3n) is 3.85. The van der Waals surface area contributed by atoms with Gasteiger partial charge in [0.15, 0.2) is 0 Å². The van der Waals surface area contributed by atoms with E-state index in [0.717, 1.165) is 28.9 Å². The second-order valence-electron chi connectivity index (χ2n) is 5.82. The predicted octanol–water partition coefficient (Wildman–Crippen LogP) is 4.41. The van der Waals surface area contributed by atoms with E-state index in [1.54, 1.807) is 36.0 Å². The van der Waals surface area contributed by atoms with Crippen LogP contribution in [0.1, 0.15) is 15.9 Å². The van der Waals surface area contributed by atoms with Gasteiger partial charge in [-0.2, -0.15) is 5.10 Å². The van der Waals surface area contributed by atoms with Gasteiger partial charge in [-0.3, -0.25) is 9.48 Å². The Kier molecular flexibility index (Phi) is 5.16. The van der Waals surface area contributed by atoms with Crippen LogP contribution >= 0.6 is 0 Å². The number of ether oxygens (including phenoxy) is 1. The van der Waals surface area contributed by atoms with Crippen molar-refractivity contribution in [3.8, 4) is 17.0 Å². The molecule has 0 fully saturated rings. The number of carbonyl (C=O) groups is 1. The summed E-state index contributed by atoms with van der Waals surface area (Å²) in [6.07, 6.45) is -3.92. The van der Waals surface area contributed by atoms with Crippen molar-refractivity contribution in [3.05, 3.63) is 65.7 Å². The molecule has 0 amide bonds. The van der Waals surface area contributed by atoms with Gasteiger partial charge in [0.2, 0.25) is 0 Å². The summed E-state index contributed by atoms with van der Waals surface area (Å²) in [5.41, 5.74) is 3.00. The van der Waals surface area contributed by atoms with E-state index in [2.05, 4.69) is 15.2 Å². The lowest BCUT2D eigenvalue weighted by molar-refractivity contribution is -0.274. The van der Waals surface area contributed by atoms with Gasteiger partial charge < -0.3 is 10.1 Å². The minimum atomic E-state index is -4.70. The Morgan fingerprint density at radius 3 is 2.37 bits per heavy atom. The third kappa shape index (κ3) is 4.87. The molecule has 1 aromatic heterocycles. The van der Waals surface area contributed by atoms with Gasteiger partial charge in [0.25, 0.3) is 0 Å². The molecule has 3 aromatic rings. The third-order valence-corrected chi connectivity index (χ3v) is 3.85. The molecule has 140 valence electrons. The van der Waals surface area contributed by atoms with Crippen LogP contribution in [-0.4, -0.2) is 22.4 Å². The molecule has 0 saturated carbocycles. The van der Waals surface area contributed by atoms with Crippen LogP contribution in [0.5, 0.6) is 5.75 Å². The van der Waals surface area contributed by atoms with E-state index in [0.29, 0.717) is 12.1 Å². The number of rotatable bonds is 6. The van der Waals surface area contributed by atoms with E-state index in [1.807, 2.05) is 18.2 Å². The molecule has 0 spiro atoms. The van der Waals surface area contributed by atoms with Crippen LogP contribution in [0.2, 0.25) is 0 Å². The number of alkyl halides is 3. The molecule has 0 bridgehead atoms. The fourth-order valence-electron chi connectivity index (χ4n) is 2.51. The van der Waals surface area contributed by atoms with E-state index >= 15 is 0 Å². The van der Waals surface area contributed by atoms with E-state index in [4.69, 9.17) is 0 Å². The van der Waals surface area contributed by atoms with Crippen molar-refractivity contribution in [1.29, 1.82) is 0 Å². The van der Waals surface area contributed by atoms with Gasteiger partial charge in [-0.15, -0.1) is 13.2 Å². The molecule has 0 unspecified atom stereocenters. The maximum Gasteiger partial charge on any atom is 0.573 e. The topological polar surface area (TPSA) is 56.2 Å². The fraction of sp³-hybridized carbons (Fsp3) is 0.158. The van der Waals surface area contributed by atoms with Gasteiger partial charge in [-0.05, 0) is 17.7 Å². The number of halogens is 3. The average Bonchev–Trinajstić information content (AvgIpc) is 3.01. The number of benzene rings is 2. The van der Waals surface area contributed by atoms with E-state index < -0.39 is 6.36 Å². The Labute approximate surface area is 153 Å². The van der Waals surface area contributed by atoms with Crippen LogP contribution in [-0.2, 0) is 13.6 Å². The number of hydrogen-bond donors (Lipinski definition) is 1. The quantitative estimate of drug-likeness (QED) is 0.649. The smallest absolute Gasteiger partial charge is 0.406 e. The second kappa shape index (κ2) is 7.53. The number of hydrogen-bond acceptors (Lipinski definition) is 4. The van der Waals surface area contributed by atoms with Crippen LogP contribution in [0.15, 0.2) is 54.6 Å². The zero-order valence-corrected chi connectivity index (χ0v) is 14.3. The standard InChI is InChI=1S/C19H16F3N3O2/c1-25-18(10-17(24-25)15-6-2-14(12-26)3-7-15)23-11-13-4-8-16(9-5-13)27-19(20,21)22/h2-10,12,23H,11H2,1H3. The number of nitrogens with one attached hydrogen (secondary N) is 1. The number of anilines is 1. The number of aldehydes is 1. The van der Waals surface area contributed by atoms with Crippen LogP contribution in [0.3, 0.4) is 0 Å². The van der Waals surface area contributed by atoms with Crippen molar-refractivity contribution in [2.24, 2.45) is 7.05 Å². The molecule has 0 aliphatic carbocycles. The summed E-state index contributed by atoms with van der Waals surface area (Å²) in [4.78, 5) is 10.7. The number of carbonyl (C=O) groups excluding carboxylic acids is 1. The number of nitrogens with zero attached hydrogens (tertiary/aromatic N) is 2. The summed E-state index contributed by atoms with van der Waals surface area (Å²) in [6.45, 7) is 0.412. The predicted molar refractivity (Wildman–Crippen MR) is 94.5 cm³/mol. The Bertz CT molecular complexity index is 917. The van der Waals surface area contributed by atoms with Gasteiger partial charge >= 0.3 is 6.36 Å². The highest BCUT2D eigenvalue weighted by Gasteiger charge is 2.30. The van der Waals surface area contributed by atoms with Crippen molar-refractivity contribution in [3.63, 3.8) is 0 Å². The molecule has 1 N–H and O–H groups in total. The Hall–Kier alpha value is -3.29. The summed E-state index contributed by atoms with van der Waals surface area (Å²) in [5.74, 6) is 0.493. The lowest BCUT2D eigenvalue weighted by Gasteiger charge is -2.10. The molecule has 0 saturated heterocycles. The van der Waals surface area contributed by atoms with Crippen molar-refractivity contribution >= 4 is 12.1 Å². The molecular weight excluding hydrogens is 359 g/mol. The van der Waals surface area contributed by atoms with Crippen LogP contribution in [0, 0.1) is 0 Å². The molecule has 1 heterocycles. The Morgan fingerprint density at radius 1 is 1.11 bits per heavy atom. The fourth-order valence-corrected chi connectivity index (χ4v) is 2.51. The molecule has 0 atom stereocenters. The first-order valence-corrected chi connectivity index (χ1v) is 8.02. The van der Waals surface area contributed by atoms with Crippen LogP contribution in [0.4, 0.5) is 19.0 Å². The minimum absolute atomic E-state index is 0.257. The monoisotopic (exact) mass is 375 g/mol. The van der Waals surface area contributed by atoms with Crippen LogP contribution < -0.4 is 10.1 Å². The van der Waals surface area contributed by atoms with Gasteiger partial charge in [-0.1, -0.05) is 36.4 Å². The zero-order valence-electron chi connectivity index (χ0n) is 14.3.